The normalized spacial score (nSPS) is 11.3. The quantitative estimate of drug-likeness (QED) is 0.201. The first-order valence-corrected chi connectivity index (χ1v) is 11.8. The summed E-state index contributed by atoms with van der Waals surface area (Å²) in [6.07, 6.45) is 3.79. The van der Waals surface area contributed by atoms with Crippen LogP contribution in [0.2, 0.25) is 10.0 Å². The van der Waals surface area contributed by atoms with E-state index in [-0.39, 0.29) is 5.70 Å². The molecule has 0 radical (unpaired) electrons. The Labute approximate surface area is 219 Å². The van der Waals surface area contributed by atoms with E-state index in [2.05, 4.69) is 15.8 Å². The number of carbonyl (C=O) groups is 2. The second kappa shape index (κ2) is 13.3. The topological polar surface area (TPSA) is 89.0 Å². The molecule has 3 aromatic rings. The van der Waals surface area contributed by atoms with Crippen LogP contribution < -0.4 is 20.2 Å². The Morgan fingerprint density at radius 1 is 1.03 bits per heavy atom. The fourth-order valence-electron chi connectivity index (χ4n) is 3.10. The van der Waals surface area contributed by atoms with Gasteiger partial charge in [0.25, 0.3) is 11.8 Å². The third kappa shape index (κ3) is 7.60. The predicted octanol–water partition coefficient (Wildman–Crippen LogP) is 5.71. The van der Waals surface area contributed by atoms with Gasteiger partial charge in [0.2, 0.25) is 0 Å². The van der Waals surface area contributed by atoms with Gasteiger partial charge in [0.05, 0.1) is 25.0 Å². The Bertz CT molecular complexity index is 1260. The molecule has 0 bridgehead atoms. The van der Waals surface area contributed by atoms with Crippen molar-refractivity contribution in [3.05, 3.63) is 99.2 Å². The number of methoxy groups -OCH3 is 1. The molecule has 0 saturated heterocycles. The summed E-state index contributed by atoms with van der Waals surface area (Å²) in [5, 5.41) is 7.34. The van der Waals surface area contributed by atoms with E-state index in [1.165, 1.54) is 19.4 Å². The van der Waals surface area contributed by atoms with Crippen LogP contribution in [0.1, 0.15) is 34.8 Å². The highest BCUT2D eigenvalue weighted by atomic mass is 35.5. The first-order chi connectivity index (χ1) is 17.4. The van der Waals surface area contributed by atoms with Crippen molar-refractivity contribution in [2.75, 3.05) is 13.7 Å². The van der Waals surface area contributed by atoms with Gasteiger partial charge in [-0.05, 0) is 54.5 Å². The van der Waals surface area contributed by atoms with Gasteiger partial charge >= 0.3 is 0 Å². The molecule has 0 aliphatic heterocycles. The monoisotopic (exact) mass is 525 g/mol. The third-order valence-electron chi connectivity index (χ3n) is 4.80. The molecular weight excluding hydrogens is 501 g/mol. The number of carbonyl (C=O) groups excluding carboxylic acids is 2. The Morgan fingerprint density at radius 3 is 2.42 bits per heavy atom. The van der Waals surface area contributed by atoms with Gasteiger partial charge in [0.1, 0.15) is 17.2 Å². The highest BCUT2D eigenvalue weighted by Crippen LogP contribution is 2.31. The van der Waals surface area contributed by atoms with Crippen LogP contribution in [0.4, 0.5) is 0 Å². The minimum absolute atomic E-state index is 0.000629. The first-order valence-electron chi connectivity index (χ1n) is 11.1. The van der Waals surface area contributed by atoms with Gasteiger partial charge in [0.15, 0.2) is 0 Å². The highest BCUT2D eigenvalue weighted by molar-refractivity contribution is 6.36. The molecule has 36 heavy (non-hydrogen) atoms. The van der Waals surface area contributed by atoms with Crippen molar-refractivity contribution in [2.45, 2.75) is 13.3 Å². The third-order valence-corrected chi connectivity index (χ3v) is 5.30. The molecule has 2 N–H and O–H groups in total. The number of hydrazone groups is 1. The van der Waals surface area contributed by atoms with E-state index < -0.39 is 11.8 Å². The van der Waals surface area contributed by atoms with Gasteiger partial charge < -0.3 is 14.8 Å². The Kier molecular flexibility index (Phi) is 9.92. The zero-order valence-electron chi connectivity index (χ0n) is 19.8. The molecule has 9 heteroatoms. The van der Waals surface area contributed by atoms with Crippen LogP contribution in [-0.2, 0) is 4.79 Å². The van der Waals surface area contributed by atoms with E-state index in [0.29, 0.717) is 44.8 Å². The van der Waals surface area contributed by atoms with Crippen LogP contribution in [0.25, 0.3) is 6.08 Å². The lowest BCUT2D eigenvalue weighted by Crippen LogP contribution is -2.32. The molecule has 0 aliphatic rings. The number of rotatable bonds is 10. The van der Waals surface area contributed by atoms with Crippen LogP contribution in [0.15, 0.2) is 77.5 Å². The minimum Gasteiger partial charge on any atom is -0.495 e. The van der Waals surface area contributed by atoms with E-state index in [1.807, 2.05) is 6.92 Å². The molecule has 0 unspecified atom stereocenters. The Hall–Kier alpha value is -3.81. The predicted molar refractivity (Wildman–Crippen MR) is 143 cm³/mol. The second-order valence-electron chi connectivity index (χ2n) is 7.50. The number of ether oxygens (including phenoxy) is 2. The maximum absolute atomic E-state index is 13.0. The van der Waals surface area contributed by atoms with Crippen LogP contribution in [0, 0.1) is 0 Å². The molecule has 3 rings (SSSR count). The number of halogens is 2. The van der Waals surface area contributed by atoms with Gasteiger partial charge in [-0.2, -0.15) is 5.10 Å². The van der Waals surface area contributed by atoms with Gasteiger partial charge in [-0.3, -0.25) is 9.59 Å². The summed E-state index contributed by atoms with van der Waals surface area (Å²) in [5.41, 5.74) is 3.98. The van der Waals surface area contributed by atoms with E-state index in [4.69, 9.17) is 32.7 Å². The summed E-state index contributed by atoms with van der Waals surface area (Å²) in [4.78, 5) is 25.7. The lowest BCUT2D eigenvalue weighted by Gasteiger charge is -2.10. The van der Waals surface area contributed by atoms with Crippen molar-refractivity contribution in [3.63, 3.8) is 0 Å². The molecule has 186 valence electrons. The van der Waals surface area contributed by atoms with Gasteiger partial charge in [0, 0.05) is 16.1 Å². The van der Waals surface area contributed by atoms with Crippen molar-refractivity contribution >= 4 is 47.3 Å². The molecule has 0 aliphatic carbocycles. The molecule has 7 nitrogen and oxygen atoms in total. The number of nitrogens with one attached hydrogen (secondary N) is 2. The average Bonchev–Trinajstić information content (AvgIpc) is 2.88. The molecule has 0 fully saturated rings. The van der Waals surface area contributed by atoms with E-state index in [1.54, 1.807) is 66.7 Å². The average molecular weight is 526 g/mol. The standard InChI is InChI=1S/C27H25Cl2N3O4/c1-3-13-36-22-11-9-18(10-12-22)14-24(31-26(33)19-7-5-4-6-8-19)27(34)32-30-17-20-15-21(28)16-23(29)25(20)35-2/h4-12,14-17H,3,13H2,1-2H3,(H,31,33)(H,32,34)/b24-14+,30-17+. The molecular formula is C27H25Cl2N3O4. The van der Waals surface area contributed by atoms with Crippen LogP contribution in [0.3, 0.4) is 0 Å². The summed E-state index contributed by atoms with van der Waals surface area (Å²) in [6.45, 7) is 2.63. The molecule has 0 saturated carbocycles. The fraction of sp³-hybridized carbons (Fsp3) is 0.148. The van der Waals surface area contributed by atoms with Crippen molar-refractivity contribution in [3.8, 4) is 11.5 Å². The number of benzene rings is 3. The van der Waals surface area contributed by atoms with Crippen LogP contribution in [-0.4, -0.2) is 31.7 Å². The summed E-state index contributed by atoms with van der Waals surface area (Å²) < 4.78 is 10.9. The molecule has 0 atom stereocenters. The van der Waals surface area contributed by atoms with Gasteiger partial charge in [-0.25, -0.2) is 5.43 Å². The summed E-state index contributed by atoms with van der Waals surface area (Å²) in [7, 11) is 1.46. The maximum atomic E-state index is 13.0. The van der Waals surface area contributed by atoms with Crippen molar-refractivity contribution < 1.29 is 19.1 Å². The van der Waals surface area contributed by atoms with Crippen LogP contribution in [0.5, 0.6) is 11.5 Å². The SMILES string of the molecule is CCCOc1ccc(/C=C(/NC(=O)c2ccccc2)C(=O)N/N=C/c2cc(Cl)cc(Cl)c2OC)cc1. The number of nitrogens with zero attached hydrogens (tertiary/aromatic N) is 1. The van der Waals surface area contributed by atoms with Crippen LogP contribution >= 0.6 is 23.2 Å². The summed E-state index contributed by atoms with van der Waals surface area (Å²) in [6, 6.07) is 18.9. The number of hydrogen-bond donors (Lipinski definition) is 2. The smallest absolute Gasteiger partial charge is 0.287 e. The van der Waals surface area contributed by atoms with E-state index in [9.17, 15) is 9.59 Å². The lowest BCUT2D eigenvalue weighted by molar-refractivity contribution is -0.117. The van der Waals surface area contributed by atoms with Gasteiger partial charge in [-0.15, -0.1) is 0 Å². The summed E-state index contributed by atoms with van der Waals surface area (Å²) in [5.74, 6) is 0.00532. The Morgan fingerprint density at radius 2 is 1.75 bits per heavy atom. The minimum atomic E-state index is -0.631. The van der Waals surface area contributed by atoms with E-state index >= 15 is 0 Å². The highest BCUT2D eigenvalue weighted by Gasteiger charge is 2.15. The fourth-order valence-corrected chi connectivity index (χ4v) is 3.69. The first kappa shape index (κ1) is 26.8. The molecule has 0 spiro atoms. The lowest BCUT2D eigenvalue weighted by atomic mass is 10.1. The molecule has 2 amide bonds. The van der Waals surface area contributed by atoms with E-state index in [0.717, 1.165) is 6.42 Å². The second-order valence-corrected chi connectivity index (χ2v) is 8.35. The van der Waals surface area contributed by atoms with Crippen molar-refractivity contribution in [1.82, 2.24) is 10.7 Å². The molecule has 0 aromatic heterocycles. The zero-order valence-corrected chi connectivity index (χ0v) is 21.3. The van der Waals surface area contributed by atoms with Gasteiger partial charge in [-0.1, -0.05) is 60.5 Å². The summed E-state index contributed by atoms with van der Waals surface area (Å²) >= 11 is 12.2. The maximum Gasteiger partial charge on any atom is 0.287 e. The number of hydrogen-bond acceptors (Lipinski definition) is 5. The largest absolute Gasteiger partial charge is 0.495 e. The molecule has 3 aromatic carbocycles. The number of amides is 2. The van der Waals surface area contributed by atoms with Crippen molar-refractivity contribution in [1.29, 1.82) is 0 Å². The zero-order chi connectivity index (χ0) is 25.9. The Balaban J connectivity index is 1.83. The molecule has 0 heterocycles. The van der Waals surface area contributed by atoms with Crippen molar-refractivity contribution in [2.24, 2.45) is 5.10 Å².